The normalized spacial score (nSPS) is 18.8. The summed E-state index contributed by atoms with van der Waals surface area (Å²) in [6.07, 6.45) is 1.92. The Labute approximate surface area is 158 Å². The molecule has 1 aliphatic rings. The van der Waals surface area contributed by atoms with Gasteiger partial charge in [-0.15, -0.1) is 0 Å². The predicted octanol–water partition coefficient (Wildman–Crippen LogP) is 2.55. The van der Waals surface area contributed by atoms with Gasteiger partial charge < -0.3 is 10.6 Å². The number of nitrogens with one attached hydrogen (secondary N) is 2. The van der Waals surface area contributed by atoms with Gasteiger partial charge in [0.15, 0.2) is 9.84 Å². The van der Waals surface area contributed by atoms with Gasteiger partial charge in [0, 0.05) is 17.3 Å². The minimum Gasteiger partial charge on any atom is -0.349 e. The van der Waals surface area contributed by atoms with Crippen LogP contribution in [0.15, 0.2) is 72.1 Å². The molecular weight excluding hydrogens is 364 g/mol. The van der Waals surface area contributed by atoms with E-state index in [4.69, 9.17) is 0 Å². The van der Waals surface area contributed by atoms with Crippen molar-refractivity contribution in [3.63, 3.8) is 0 Å². The van der Waals surface area contributed by atoms with Crippen LogP contribution in [0.5, 0.6) is 0 Å². The molecule has 27 heavy (non-hydrogen) atoms. The van der Waals surface area contributed by atoms with Crippen LogP contribution >= 0.6 is 0 Å². The molecule has 1 saturated carbocycles. The lowest BCUT2D eigenvalue weighted by Crippen LogP contribution is -2.49. The minimum atomic E-state index is -3.37. The highest BCUT2D eigenvalue weighted by Crippen LogP contribution is 2.31. The number of carbonyl (C=O) groups excluding carboxylic acids is 2. The molecule has 0 bridgehead atoms. The maximum absolute atomic E-state index is 12.5. The van der Waals surface area contributed by atoms with Crippen molar-refractivity contribution in [1.82, 2.24) is 5.32 Å². The summed E-state index contributed by atoms with van der Waals surface area (Å²) in [7, 11) is -3.37. The molecule has 3 rings (SSSR count). The second-order valence-electron chi connectivity index (χ2n) is 6.40. The molecule has 0 spiro atoms. The van der Waals surface area contributed by atoms with E-state index < -0.39 is 15.1 Å². The summed E-state index contributed by atoms with van der Waals surface area (Å²) in [6.45, 7) is 3.38. The largest absolute Gasteiger partial charge is 0.349 e. The number of rotatable bonds is 6. The zero-order valence-corrected chi connectivity index (χ0v) is 15.4. The highest BCUT2D eigenvalue weighted by molar-refractivity contribution is 7.92. The van der Waals surface area contributed by atoms with Crippen molar-refractivity contribution < 1.29 is 18.0 Å². The number of anilines is 1. The highest BCUT2D eigenvalue weighted by atomic mass is 32.2. The van der Waals surface area contributed by atoms with Gasteiger partial charge in [-0.3, -0.25) is 9.59 Å². The van der Waals surface area contributed by atoms with Crippen molar-refractivity contribution in [2.75, 3.05) is 5.32 Å². The molecule has 2 aromatic carbocycles. The van der Waals surface area contributed by atoms with Crippen LogP contribution in [0, 0.1) is 0 Å². The Morgan fingerprint density at radius 1 is 1.04 bits per heavy atom. The summed E-state index contributed by atoms with van der Waals surface area (Å²) in [5, 5.41) is 4.96. The van der Waals surface area contributed by atoms with E-state index in [0.717, 1.165) is 6.08 Å². The lowest BCUT2D eigenvalue weighted by molar-refractivity contribution is -0.111. The van der Waals surface area contributed by atoms with Crippen LogP contribution in [0.1, 0.15) is 23.2 Å². The van der Waals surface area contributed by atoms with Crippen molar-refractivity contribution in [3.8, 4) is 0 Å². The van der Waals surface area contributed by atoms with E-state index in [2.05, 4.69) is 17.2 Å². The van der Waals surface area contributed by atoms with Gasteiger partial charge in [-0.2, -0.15) is 0 Å². The van der Waals surface area contributed by atoms with Crippen molar-refractivity contribution >= 4 is 27.3 Å². The fraction of sp³-hybridized carbons (Fsp3) is 0.200. The highest BCUT2D eigenvalue weighted by Gasteiger charge is 2.40. The lowest BCUT2D eigenvalue weighted by Gasteiger charge is -2.35. The maximum atomic E-state index is 12.5. The van der Waals surface area contributed by atoms with Gasteiger partial charge in [-0.1, -0.05) is 30.8 Å². The first-order valence-corrected chi connectivity index (χ1v) is 10.1. The summed E-state index contributed by atoms with van der Waals surface area (Å²) in [5.74, 6) is -0.661. The van der Waals surface area contributed by atoms with E-state index in [1.165, 1.54) is 0 Å². The topological polar surface area (TPSA) is 92.3 Å². The van der Waals surface area contributed by atoms with E-state index in [1.807, 2.05) is 0 Å². The molecule has 0 atom stereocenters. The molecule has 0 radical (unpaired) electrons. The molecule has 0 saturated heterocycles. The quantitative estimate of drug-likeness (QED) is 0.749. The van der Waals surface area contributed by atoms with Crippen LogP contribution in [0.25, 0.3) is 0 Å². The first-order valence-electron chi connectivity index (χ1n) is 8.53. The summed E-state index contributed by atoms with van der Waals surface area (Å²) in [6, 6.07) is 14.7. The van der Waals surface area contributed by atoms with Crippen LogP contribution in [0.2, 0.25) is 0 Å². The molecule has 2 N–H and O–H groups in total. The third kappa shape index (κ3) is 4.25. The van der Waals surface area contributed by atoms with Crippen molar-refractivity contribution in [3.05, 3.63) is 72.8 Å². The summed E-state index contributed by atoms with van der Waals surface area (Å²) < 4.78 is 25.1. The van der Waals surface area contributed by atoms with Gasteiger partial charge >= 0.3 is 0 Å². The Hall–Kier alpha value is -2.93. The average molecular weight is 384 g/mol. The van der Waals surface area contributed by atoms with E-state index >= 15 is 0 Å². The Balaban J connectivity index is 1.59. The van der Waals surface area contributed by atoms with Gasteiger partial charge in [0.1, 0.15) is 0 Å². The van der Waals surface area contributed by atoms with E-state index in [9.17, 15) is 18.0 Å². The minimum absolute atomic E-state index is 0.188. The van der Waals surface area contributed by atoms with Gasteiger partial charge in [0.2, 0.25) is 5.91 Å². The molecule has 0 aliphatic heterocycles. The van der Waals surface area contributed by atoms with Crippen LogP contribution in [-0.4, -0.2) is 31.5 Å². The molecular formula is C20H20N2O4S. The Kier molecular flexibility index (Phi) is 5.41. The number of sulfone groups is 1. The van der Waals surface area contributed by atoms with Gasteiger partial charge in [-0.25, -0.2) is 8.42 Å². The molecule has 0 aromatic heterocycles. The molecule has 2 amide bonds. The fourth-order valence-electron chi connectivity index (χ4n) is 2.94. The van der Waals surface area contributed by atoms with Crippen molar-refractivity contribution in [2.24, 2.45) is 0 Å². The molecule has 0 heterocycles. The fourth-order valence-corrected chi connectivity index (χ4v) is 4.83. The molecule has 6 nitrogen and oxygen atoms in total. The summed E-state index contributed by atoms with van der Waals surface area (Å²) in [5.41, 5.74) is 0.886. The van der Waals surface area contributed by atoms with E-state index in [-0.39, 0.29) is 17.9 Å². The number of hydrogen-bond donors (Lipinski definition) is 2. The van der Waals surface area contributed by atoms with Crippen LogP contribution in [0.4, 0.5) is 5.69 Å². The smallest absolute Gasteiger partial charge is 0.251 e. The van der Waals surface area contributed by atoms with E-state index in [0.29, 0.717) is 29.0 Å². The summed E-state index contributed by atoms with van der Waals surface area (Å²) >= 11 is 0. The first kappa shape index (κ1) is 18.8. The molecule has 2 aromatic rings. The molecule has 140 valence electrons. The molecule has 7 heteroatoms. The maximum Gasteiger partial charge on any atom is 0.251 e. The second-order valence-corrected chi connectivity index (χ2v) is 8.62. The van der Waals surface area contributed by atoms with Crippen LogP contribution in [-0.2, 0) is 14.6 Å². The Morgan fingerprint density at radius 3 is 2.41 bits per heavy atom. The van der Waals surface area contributed by atoms with E-state index in [1.54, 1.807) is 54.6 Å². The van der Waals surface area contributed by atoms with Crippen molar-refractivity contribution in [1.29, 1.82) is 0 Å². The zero-order chi connectivity index (χ0) is 19.4. The lowest BCUT2D eigenvalue weighted by atomic mass is 9.92. The average Bonchev–Trinajstić information content (AvgIpc) is 2.64. The third-order valence-electron chi connectivity index (χ3n) is 4.52. The monoisotopic (exact) mass is 384 g/mol. The molecule has 1 fully saturated rings. The van der Waals surface area contributed by atoms with Gasteiger partial charge in [0.05, 0.1) is 10.1 Å². The van der Waals surface area contributed by atoms with Gasteiger partial charge in [0.25, 0.3) is 5.91 Å². The van der Waals surface area contributed by atoms with Crippen LogP contribution < -0.4 is 10.6 Å². The SMILES string of the molecule is C=CC(=O)Nc1cccc(C(=O)NC2CC(S(=O)(=O)c3ccccc3)C2)c1. The number of carbonyl (C=O) groups is 2. The second kappa shape index (κ2) is 7.75. The standard InChI is InChI=1S/C20H20N2O4S/c1-2-19(23)21-15-8-6-7-14(11-15)20(24)22-16-12-18(13-16)27(25,26)17-9-4-3-5-10-17/h2-11,16,18H,1,12-13H2,(H,21,23)(H,22,24). The first-order chi connectivity index (χ1) is 12.9. The van der Waals surface area contributed by atoms with Gasteiger partial charge in [-0.05, 0) is 49.2 Å². The predicted molar refractivity (Wildman–Crippen MR) is 103 cm³/mol. The Bertz CT molecular complexity index is 964. The zero-order valence-electron chi connectivity index (χ0n) is 14.6. The van der Waals surface area contributed by atoms with Crippen LogP contribution in [0.3, 0.4) is 0 Å². The number of hydrogen-bond acceptors (Lipinski definition) is 4. The Morgan fingerprint density at radius 2 is 1.74 bits per heavy atom. The van der Waals surface area contributed by atoms with Crippen molar-refractivity contribution in [2.45, 2.75) is 29.0 Å². The summed E-state index contributed by atoms with van der Waals surface area (Å²) in [4.78, 5) is 24.1. The molecule has 0 unspecified atom stereocenters. The third-order valence-corrected chi connectivity index (χ3v) is 6.71. The number of amides is 2. The molecule has 1 aliphatic carbocycles. The number of benzene rings is 2.